The summed E-state index contributed by atoms with van der Waals surface area (Å²) in [4.78, 5) is 3.12. The van der Waals surface area contributed by atoms with Gasteiger partial charge in [0, 0.05) is 10.3 Å². The lowest BCUT2D eigenvalue weighted by Gasteiger charge is -2.14. The van der Waals surface area contributed by atoms with E-state index in [9.17, 15) is 30.7 Å². The van der Waals surface area contributed by atoms with E-state index < -0.39 is 35.3 Å². The summed E-state index contributed by atoms with van der Waals surface area (Å²) in [5, 5.41) is 1.45. The topological polar surface area (TPSA) is 17.3 Å². The number of rotatable bonds is 5. The molecule has 0 saturated heterocycles. The molecule has 2 aromatic rings. The Morgan fingerprint density at radius 2 is 1.83 bits per heavy atom. The normalized spacial score (nSPS) is 17.1. The molecule has 29 heavy (non-hydrogen) atoms. The fourth-order valence-electron chi connectivity index (χ4n) is 2.62. The van der Waals surface area contributed by atoms with Gasteiger partial charge in [0.25, 0.3) is 0 Å². The van der Waals surface area contributed by atoms with Crippen molar-refractivity contribution >= 4 is 40.4 Å². The third-order valence-corrected chi connectivity index (χ3v) is 6.79. The van der Waals surface area contributed by atoms with Crippen molar-refractivity contribution in [3.63, 3.8) is 0 Å². The van der Waals surface area contributed by atoms with Gasteiger partial charge in [-0.15, -0.1) is 34.7 Å². The predicted molar refractivity (Wildman–Crippen MR) is 98.3 cm³/mol. The van der Waals surface area contributed by atoms with Gasteiger partial charge in [0.2, 0.25) is 0 Å². The highest BCUT2D eigenvalue weighted by Crippen LogP contribution is 2.52. The standard InChI is InChI=1S/C17H14ClF7N2S2/c1-9-4-10(19)11(5-12(9)29-8-17(23,24)25)26-14-27(7-16(20,21)22)13(6-28-14)15(18)2-3-15/h4-6H,2-3,7-8H2,1H3. The van der Waals surface area contributed by atoms with Crippen LogP contribution in [0.2, 0.25) is 0 Å². The number of aryl methyl sites for hydroxylation is 1. The summed E-state index contributed by atoms with van der Waals surface area (Å²) in [6, 6.07) is 2.13. The number of nitrogens with zero attached hydrogens (tertiary/aromatic N) is 2. The maximum Gasteiger partial charge on any atom is 0.406 e. The zero-order valence-electron chi connectivity index (χ0n) is 14.8. The fraction of sp³-hybridized carbons (Fsp3) is 0.471. The molecule has 0 spiro atoms. The van der Waals surface area contributed by atoms with E-state index >= 15 is 0 Å². The molecule has 1 heterocycles. The molecule has 1 aromatic heterocycles. The molecular formula is C17H14ClF7N2S2. The Labute approximate surface area is 174 Å². The highest BCUT2D eigenvalue weighted by Gasteiger charge is 2.46. The summed E-state index contributed by atoms with van der Waals surface area (Å²) < 4.78 is 91.9. The van der Waals surface area contributed by atoms with Crippen molar-refractivity contribution in [3.05, 3.63) is 39.4 Å². The molecule has 3 rings (SSSR count). The molecule has 1 fully saturated rings. The first-order chi connectivity index (χ1) is 13.3. The van der Waals surface area contributed by atoms with E-state index in [4.69, 9.17) is 11.6 Å². The molecular weight excluding hydrogens is 465 g/mol. The van der Waals surface area contributed by atoms with Crippen molar-refractivity contribution in [1.29, 1.82) is 0 Å². The first kappa shape index (κ1) is 22.5. The molecule has 1 aliphatic carbocycles. The molecule has 0 aliphatic heterocycles. The summed E-state index contributed by atoms with van der Waals surface area (Å²) in [5.41, 5.74) is 0.201. The lowest BCUT2D eigenvalue weighted by Crippen LogP contribution is -2.28. The number of hydrogen-bond acceptors (Lipinski definition) is 3. The molecule has 0 atom stereocenters. The second kappa shape index (κ2) is 7.81. The number of thioether (sulfide) groups is 1. The van der Waals surface area contributed by atoms with Gasteiger partial charge >= 0.3 is 12.4 Å². The molecule has 0 radical (unpaired) electrons. The Morgan fingerprint density at radius 3 is 2.38 bits per heavy atom. The van der Waals surface area contributed by atoms with Crippen LogP contribution < -0.4 is 4.80 Å². The molecule has 0 amide bonds. The zero-order valence-corrected chi connectivity index (χ0v) is 17.2. The molecule has 2 nitrogen and oxygen atoms in total. The Morgan fingerprint density at radius 1 is 1.17 bits per heavy atom. The maximum atomic E-state index is 14.3. The van der Waals surface area contributed by atoms with Crippen molar-refractivity contribution in [1.82, 2.24) is 4.57 Å². The first-order valence-corrected chi connectivity index (χ1v) is 10.5. The van der Waals surface area contributed by atoms with Gasteiger partial charge in [-0.2, -0.15) is 26.3 Å². The Balaban J connectivity index is 2.05. The van der Waals surface area contributed by atoms with Gasteiger partial charge in [-0.25, -0.2) is 9.38 Å². The average Bonchev–Trinajstić information content (AvgIpc) is 3.18. The van der Waals surface area contributed by atoms with E-state index in [-0.39, 0.29) is 26.6 Å². The number of aromatic nitrogens is 1. The summed E-state index contributed by atoms with van der Waals surface area (Å²) in [5.74, 6) is -2.01. The smallest absolute Gasteiger partial charge is 0.310 e. The number of halogens is 8. The van der Waals surface area contributed by atoms with E-state index in [1.807, 2.05) is 0 Å². The molecule has 1 saturated carbocycles. The quantitative estimate of drug-likeness (QED) is 0.266. The summed E-state index contributed by atoms with van der Waals surface area (Å²) >= 11 is 7.61. The van der Waals surface area contributed by atoms with Gasteiger partial charge in [0.05, 0.1) is 16.3 Å². The largest absolute Gasteiger partial charge is 0.406 e. The van der Waals surface area contributed by atoms with Crippen molar-refractivity contribution in [3.8, 4) is 0 Å². The van der Waals surface area contributed by atoms with Gasteiger partial charge in [-0.05, 0) is 37.5 Å². The summed E-state index contributed by atoms with van der Waals surface area (Å²) in [6.07, 6.45) is -7.94. The second-order valence-corrected chi connectivity index (χ2v) is 9.23. The van der Waals surface area contributed by atoms with Crippen LogP contribution >= 0.6 is 34.7 Å². The van der Waals surface area contributed by atoms with Crippen LogP contribution in [0.15, 0.2) is 27.4 Å². The molecule has 160 valence electrons. The molecule has 1 aromatic carbocycles. The fourth-order valence-corrected chi connectivity index (χ4v) is 4.74. The maximum absolute atomic E-state index is 14.3. The minimum atomic E-state index is -4.55. The third-order valence-electron chi connectivity index (χ3n) is 4.13. The van der Waals surface area contributed by atoms with E-state index in [2.05, 4.69) is 4.99 Å². The predicted octanol–water partition coefficient (Wildman–Crippen LogP) is 6.67. The average molecular weight is 479 g/mol. The highest BCUT2D eigenvalue weighted by molar-refractivity contribution is 7.99. The number of alkyl halides is 7. The van der Waals surface area contributed by atoms with Crippen LogP contribution in [0.25, 0.3) is 0 Å². The zero-order chi connectivity index (χ0) is 21.6. The van der Waals surface area contributed by atoms with Gasteiger partial charge in [-0.1, -0.05) is 0 Å². The lowest BCUT2D eigenvalue weighted by molar-refractivity contribution is -0.141. The Bertz CT molecular complexity index is 972. The monoisotopic (exact) mass is 478 g/mol. The van der Waals surface area contributed by atoms with E-state index in [0.29, 0.717) is 24.6 Å². The molecule has 1 aliphatic rings. The van der Waals surface area contributed by atoms with Crippen molar-refractivity contribution in [2.45, 2.75) is 48.4 Å². The Kier molecular flexibility index (Phi) is 6.05. The van der Waals surface area contributed by atoms with Gasteiger partial charge in [0.1, 0.15) is 18.0 Å². The first-order valence-electron chi connectivity index (χ1n) is 8.26. The third kappa shape index (κ3) is 5.69. The minimum Gasteiger partial charge on any atom is -0.310 e. The van der Waals surface area contributed by atoms with Gasteiger partial charge < -0.3 is 4.57 Å². The number of hydrogen-bond donors (Lipinski definition) is 0. The van der Waals surface area contributed by atoms with Crippen molar-refractivity contribution < 1.29 is 30.7 Å². The SMILES string of the molecule is Cc1cc(F)c(N=c2scc(C3(Cl)CC3)n2CC(F)(F)F)cc1SCC(F)(F)F. The van der Waals surface area contributed by atoms with Crippen LogP contribution in [0.3, 0.4) is 0 Å². The lowest BCUT2D eigenvalue weighted by atomic mass is 10.2. The Hall–Kier alpha value is -1.20. The number of benzene rings is 1. The molecule has 0 N–H and O–H groups in total. The second-order valence-electron chi connectivity index (χ2n) is 6.65. The molecule has 12 heteroatoms. The number of thiazole rings is 1. The highest BCUT2D eigenvalue weighted by atomic mass is 35.5. The van der Waals surface area contributed by atoms with E-state index in [1.54, 1.807) is 0 Å². The minimum absolute atomic E-state index is 0.126. The summed E-state index contributed by atoms with van der Waals surface area (Å²) in [7, 11) is 0. The summed E-state index contributed by atoms with van der Waals surface area (Å²) in [6.45, 7) is 0.102. The van der Waals surface area contributed by atoms with Crippen molar-refractivity contribution in [2.75, 3.05) is 5.75 Å². The molecule has 0 unspecified atom stereocenters. The van der Waals surface area contributed by atoms with Crippen LogP contribution in [0, 0.1) is 12.7 Å². The van der Waals surface area contributed by atoms with Gasteiger partial charge in [-0.3, -0.25) is 0 Å². The van der Waals surface area contributed by atoms with E-state index in [0.717, 1.165) is 28.0 Å². The van der Waals surface area contributed by atoms with Crippen LogP contribution in [-0.2, 0) is 11.4 Å². The van der Waals surface area contributed by atoms with Gasteiger partial charge in [0.15, 0.2) is 4.80 Å². The van der Waals surface area contributed by atoms with Crippen LogP contribution in [0.5, 0.6) is 0 Å². The van der Waals surface area contributed by atoms with Crippen molar-refractivity contribution in [2.24, 2.45) is 4.99 Å². The van der Waals surface area contributed by atoms with Crippen LogP contribution in [0.4, 0.5) is 36.4 Å². The van der Waals surface area contributed by atoms with E-state index in [1.165, 1.54) is 12.3 Å². The van der Waals surface area contributed by atoms with Crippen LogP contribution in [-0.4, -0.2) is 22.7 Å². The van der Waals surface area contributed by atoms with Crippen LogP contribution in [0.1, 0.15) is 24.1 Å². The molecule has 0 bridgehead atoms.